The van der Waals surface area contributed by atoms with Crippen LogP contribution in [0.25, 0.3) is 10.9 Å². The summed E-state index contributed by atoms with van der Waals surface area (Å²) < 4.78 is 24.2. The Labute approximate surface area is 169 Å². The van der Waals surface area contributed by atoms with Crippen molar-refractivity contribution in [3.05, 3.63) is 65.1 Å². The van der Waals surface area contributed by atoms with Crippen LogP contribution in [-0.4, -0.2) is 36.6 Å². The Bertz CT molecular complexity index is 1080. The van der Waals surface area contributed by atoms with Gasteiger partial charge in [0.15, 0.2) is 11.5 Å². The Kier molecular flexibility index (Phi) is 5.09. The van der Waals surface area contributed by atoms with Gasteiger partial charge in [0.05, 0.1) is 37.0 Å². The number of carbonyl (C=O) groups excluding carboxylic acids is 1. The monoisotopic (exact) mass is 394 g/mol. The number of ether oxygens (including phenoxy) is 2. The van der Waals surface area contributed by atoms with Crippen molar-refractivity contribution >= 4 is 16.8 Å². The number of hydrogen-bond donors (Lipinski definition) is 0. The van der Waals surface area contributed by atoms with Crippen LogP contribution < -0.4 is 9.47 Å². The fourth-order valence-corrected chi connectivity index (χ4v) is 4.02. The highest BCUT2D eigenvalue weighted by atomic mass is 19.1. The van der Waals surface area contributed by atoms with Crippen LogP contribution in [0.2, 0.25) is 0 Å². The highest BCUT2D eigenvalue weighted by Crippen LogP contribution is 2.38. The van der Waals surface area contributed by atoms with Crippen LogP contribution in [0, 0.1) is 12.7 Å². The number of aryl methyl sites for hydroxylation is 1. The average Bonchev–Trinajstić information content (AvgIpc) is 3.22. The zero-order chi connectivity index (χ0) is 20.5. The van der Waals surface area contributed by atoms with Crippen LogP contribution >= 0.6 is 0 Å². The van der Waals surface area contributed by atoms with Crippen molar-refractivity contribution in [2.75, 3.05) is 20.8 Å². The molecule has 1 fully saturated rings. The van der Waals surface area contributed by atoms with E-state index in [4.69, 9.17) is 9.47 Å². The van der Waals surface area contributed by atoms with Gasteiger partial charge < -0.3 is 14.4 Å². The van der Waals surface area contributed by atoms with Crippen molar-refractivity contribution < 1.29 is 18.7 Å². The van der Waals surface area contributed by atoms with E-state index >= 15 is 0 Å². The van der Waals surface area contributed by atoms with Gasteiger partial charge >= 0.3 is 0 Å². The molecule has 0 spiro atoms. The number of carbonyl (C=O) groups is 1. The standard InChI is InChI=1S/C23H23FN2O3/c1-14-18(11-15-6-8-17(24)13-19(15)25-14)23(27)26-10-4-5-20(26)16-7-9-21(28-2)22(12-16)29-3/h6-9,11-13,20H,4-5,10H2,1-3H3. The molecule has 150 valence electrons. The molecule has 0 saturated carbocycles. The lowest BCUT2D eigenvalue weighted by atomic mass is 10.0. The van der Waals surface area contributed by atoms with Gasteiger partial charge in [-0.15, -0.1) is 0 Å². The average molecular weight is 394 g/mol. The number of pyridine rings is 1. The molecule has 0 bridgehead atoms. The summed E-state index contributed by atoms with van der Waals surface area (Å²) in [5, 5.41) is 0.752. The molecule has 29 heavy (non-hydrogen) atoms. The quantitative estimate of drug-likeness (QED) is 0.645. The summed E-state index contributed by atoms with van der Waals surface area (Å²) in [5.74, 6) is 0.916. The number of halogens is 1. The fourth-order valence-electron chi connectivity index (χ4n) is 4.02. The Balaban J connectivity index is 1.69. The molecule has 6 heteroatoms. The second-order valence-electron chi connectivity index (χ2n) is 7.23. The van der Waals surface area contributed by atoms with Gasteiger partial charge in [0.2, 0.25) is 0 Å². The Morgan fingerprint density at radius 1 is 1.10 bits per heavy atom. The summed E-state index contributed by atoms with van der Waals surface area (Å²) in [6.07, 6.45) is 1.81. The van der Waals surface area contributed by atoms with E-state index in [0.29, 0.717) is 34.8 Å². The van der Waals surface area contributed by atoms with Crippen molar-refractivity contribution in [2.24, 2.45) is 0 Å². The lowest BCUT2D eigenvalue weighted by molar-refractivity contribution is 0.0734. The topological polar surface area (TPSA) is 51.7 Å². The molecule has 5 nitrogen and oxygen atoms in total. The predicted molar refractivity (Wildman–Crippen MR) is 109 cm³/mol. The maximum absolute atomic E-state index is 13.5. The van der Waals surface area contributed by atoms with Crippen molar-refractivity contribution in [2.45, 2.75) is 25.8 Å². The van der Waals surface area contributed by atoms with E-state index in [0.717, 1.165) is 23.8 Å². The Hall–Kier alpha value is -3.15. The van der Waals surface area contributed by atoms with Gasteiger partial charge in [-0.05, 0) is 55.7 Å². The molecule has 0 radical (unpaired) electrons. The summed E-state index contributed by atoms with van der Waals surface area (Å²) in [6, 6.07) is 12.0. The number of hydrogen-bond acceptors (Lipinski definition) is 4. The van der Waals surface area contributed by atoms with E-state index in [9.17, 15) is 9.18 Å². The largest absolute Gasteiger partial charge is 0.493 e. The van der Waals surface area contributed by atoms with E-state index in [1.54, 1.807) is 27.2 Å². The molecule has 1 saturated heterocycles. The van der Waals surface area contributed by atoms with E-state index < -0.39 is 0 Å². The first-order chi connectivity index (χ1) is 14.0. The lowest BCUT2D eigenvalue weighted by Gasteiger charge is -2.26. The lowest BCUT2D eigenvalue weighted by Crippen LogP contribution is -2.31. The van der Waals surface area contributed by atoms with E-state index in [-0.39, 0.29) is 17.8 Å². The molecule has 1 amide bonds. The third-order valence-corrected chi connectivity index (χ3v) is 5.51. The summed E-state index contributed by atoms with van der Waals surface area (Å²) in [5.41, 5.74) is 2.72. The number of benzene rings is 2. The normalized spacial score (nSPS) is 16.3. The van der Waals surface area contributed by atoms with Gasteiger partial charge in [-0.1, -0.05) is 6.07 Å². The molecule has 2 aromatic carbocycles. The van der Waals surface area contributed by atoms with Crippen molar-refractivity contribution in [1.29, 1.82) is 0 Å². The van der Waals surface area contributed by atoms with Crippen molar-refractivity contribution in [3.63, 3.8) is 0 Å². The number of likely N-dealkylation sites (tertiary alicyclic amines) is 1. The van der Waals surface area contributed by atoms with E-state index in [1.165, 1.54) is 12.1 Å². The predicted octanol–water partition coefficient (Wildman–Crippen LogP) is 4.68. The maximum Gasteiger partial charge on any atom is 0.256 e. The highest BCUT2D eigenvalue weighted by molar-refractivity contribution is 5.99. The number of amides is 1. The van der Waals surface area contributed by atoms with Gasteiger partial charge in [-0.25, -0.2) is 4.39 Å². The molecule has 0 N–H and O–H groups in total. The maximum atomic E-state index is 13.5. The van der Waals surface area contributed by atoms with E-state index in [2.05, 4.69) is 4.98 Å². The van der Waals surface area contributed by atoms with Gasteiger partial charge in [-0.3, -0.25) is 9.78 Å². The van der Waals surface area contributed by atoms with Crippen molar-refractivity contribution in [1.82, 2.24) is 9.88 Å². The Morgan fingerprint density at radius 3 is 2.66 bits per heavy atom. The molecule has 1 aliphatic heterocycles. The van der Waals surface area contributed by atoms with Gasteiger partial charge in [0, 0.05) is 18.0 Å². The first-order valence-electron chi connectivity index (χ1n) is 9.61. The van der Waals surface area contributed by atoms with Crippen molar-refractivity contribution in [3.8, 4) is 11.5 Å². The van der Waals surface area contributed by atoms with Gasteiger partial charge in [0.1, 0.15) is 5.82 Å². The van der Waals surface area contributed by atoms with E-state index in [1.807, 2.05) is 29.2 Å². The number of aromatic nitrogens is 1. The molecule has 3 aromatic rings. The molecule has 1 atom stereocenters. The van der Waals surface area contributed by atoms with Crippen LogP contribution in [0.15, 0.2) is 42.5 Å². The number of methoxy groups -OCH3 is 2. The summed E-state index contributed by atoms with van der Waals surface area (Å²) in [7, 11) is 3.20. The first-order valence-corrected chi connectivity index (χ1v) is 9.61. The summed E-state index contributed by atoms with van der Waals surface area (Å²) in [6.45, 7) is 2.47. The minimum absolute atomic E-state index is 0.0365. The zero-order valence-corrected chi connectivity index (χ0v) is 16.7. The van der Waals surface area contributed by atoms with Crippen LogP contribution in [-0.2, 0) is 0 Å². The molecular weight excluding hydrogens is 371 g/mol. The molecule has 1 unspecified atom stereocenters. The van der Waals surface area contributed by atoms with Crippen LogP contribution in [0.1, 0.15) is 40.5 Å². The summed E-state index contributed by atoms with van der Waals surface area (Å²) in [4.78, 5) is 19.7. The smallest absolute Gasteiger partial charge is 0.256 e. The second-order valence-corrected chi connectivity index (χ2v) is 7.23. The highest BCUT2D eigenvalue weighted by Gasteiger charge is 2.32. The molecule has 0 aliphatic carbocycles. The minimum Gasteiger partial charge on any atom is -0.493 e. The SMILES string of the molecule is COc1ccc(C2CCCN2C(=O)c2cc3ccc(F)cc3nc2C)cc1OC. The molecule has 1 aromatic heterocycles. The minimum atomic E-state index is -0.337. The number of rotatable bonds is 4. The molecule has 4 rings (SSSR count). The van der Waals surface area contributed by atoms with Crippen LogP contribution in [0.5, 0.6) is 11.5 Å². The van der Waals surface area contributed by atoms with Gasteiger partial charge in [0.25, 0.3) is 5.91 Å². The third-order valence-electron chi connectivity index (χ3n) is 5.51. The third kappa shape index (κ3) is 3.50. The number of fused-ring (bicyclic) bond motifs is 1. The van der Waals surface area contributed by atoms with Crippen LogP contribution in [0.3, 0.4) is 0 Å². The second kappa shape index (κ2) is 7.70. The first kappa shape index (κ1) is 19.2. The summed E-state index contributed by atoms with van der Waals surface area (Å²) >= 11 is 0. The Morgan fingerprint density at radius 2 is 1.90 bits per heavy atom. The fraction of sp³-hybridized carbons (Fsp3) is 0.304. The molecular formula is C23H23FN2O3. The molecule has 2 heterocycles. The molecule has 1 aliphatic rings. The zero-order valence-electron chi connectivity index (χ0n) is 16.7. The van der Waals surface area contributed by atoms with Crippen LogP contribution in [0.4, 0.5) is 4.39 Å². The van der Waals surface area contributed by atoms with Gasteiger partial charge in [-0.2, -0.15) is 0 Å². The number of nitrogens with zero attached hydrogens (tertiary/aromatic N) is 2.